The number of aryl methyl sites for hydroxylation is 1. The predicted molar refractivity (Wildman–Crippen MR) is 333 cm³/mol. The second-order valence-electron chi connectivity index (χ2n) is 20.9. The summed E-state index contributed by atoms with van der Waals surface area (Å²) in [6.07, 6.45) is 26.1. The average molecular weight is 1060 g/mol. The van der Waals surface area contributed by atoms with Gasteiger partial charge < -0.3 is 30.4 Å². The fourth-order valence-electron chi connectivity index (χ4n) is 9.60. The van der Waals surface area contributed by atoms with Gasteiger partial charge >= 0.3 is 0 Å². The van der Waals surface area contributed by atoms with Crippen molar-refractivity contribution in [2.75, 3.05) is 51.1 Å². The Morgan fingerprint density at radius 1 is 0.870 bits per heavy atom. The van der Waals surface area contributed by atoms with Crippen molar-refractivity contribution >= 4 is 35.4 Å². The number of carbonyl (C=O) groups is 3. The van der Waals surface area contributed by atoms with Crippen LogP contribution in [-0.4, -0.2) is 87.0 Å². The topological polar surface area (TPSA) is 116 Å². The van der Waals surface area contributed by atoms with Crippen molar-refractivity contribution in [3.8, 4) is 11.1 Å². The number of ether oxygens (including phenoxy) is 1. The molecule has 2 aromatic carbocycles. The summed E-state index contributed by atoms with van der Waals surface area (Å²) in [6, 6.07) is 16.9. The van der Waals surface area contributed by atoms with Gasteiger partial charge in [0.25, 0.3) is 0 Å². The molecule has 0 radical (unpaired) electrons. The number of piperidine rings is 1. The fraction of sp³-hybridized carbons (Fsp3) is 0.582. The van der Waals surface area contributed by atoms with Crippen LogP contribution in [0.1, 0.15) is 213 Å². The van der Waals surface area contributed by atoms with Gasteiger partial charge in [-0.2, -0.15) is 0 Å². The first-order valence-electron chi connectivity index (χ1n) is 29.5. The first-order valence-corrected chi connectivity index (χ1v) is 29.5. The smallest absolute Gasteiger partial charge is 0.242 e. The fourth-order valence-corrected chi connectivity index (χ4v) is 9.60. The summed E-state index contributed by atoms with van der Waals surface area (Å²) in [4.78, 5) is 43.3. The largest absolute Gasteiger partial charge is 0.381 e. The lowest BCUT2D eigenvalue weighted by atomic mass is 9.87. The summed E-state index contributed by atoms with van der Waals surface area (Å²) in [5, 5.41) is 9.29. The lowest BCUT2D eigenvalue weighted by molar-refractivity contribution is -0.122. The van der Waals surface area contributed by atoms with E-state index in [-0.39, 0.29) is 17.9 Å². The van der Waals surface area contributed by atoms with E-state index in [4.69, 9.17) is 4.74 Å². The number of methoxy groups -OCH3 is 1. The highest BCUT2D eigenvalue weighted by molar-refractivity contribution is 5.94. The normalized spacial score (nSPS) is 15.0. The molecule has 1 amide bonds. The van der Waals surface area contributed by atoms with Crippen LogP contribution in [0.5, 0.6) is 0 Å². The molecule has 1 saturated heterocycles. The number of amides is 1. The molecule has 3 aromatic rings. The third-order valence-electron chi connectivity index (χ3n) is 14.6. The Labute approximate surface area is 470 Å². The molecule has 0 aliphatic carbocycles. The number of aromatic nitrogens is 1. The number of carbonyl (C=O) groups excluding carboxylic acids is 3. The molecular formula is C67H108N6O4. The second-order valence-corrected chi connectivity index (χ2v) is 20.9. The molecule has 2 aliphatic heterocycles. The Morgan fingerprint density at radius 3 is 2.00 bits per heavy atom. The minimum Gasteiger partial charge on any atom is -0.381 e. The first-order chi connectivity index (χ1) is 36.9. The van der Waals surface area contributed by atoms with Crippen molar-refractivity contribution in [2.24, 2.45) is 5.92 Å². The van der Waals surface area contributed by atoms with Crippen LogP contribution in [0.3, 0.4) is 0 Å². The zero-order chi connectivity index (χ0) is 57.9. The van der Waals surface area contributed by atoms with Crippen molar-refractivity contribution in [2.45, 2.75) is 211 Å². The van der Waals surface area contributed by atoms with Gasteiger partial charge in [-0.05, 0) is 139 Å². The second kappa shape index (κ2) is 40.0. The summed E-state index contributed by atoms with van der Waals surface area (Å²) in [5.41, 5.74) is 13.3. The minimum atomic E-state index is -0.427. The van der Waals surface area contributed by atoms with Gasteiger partial charge in [0.1, 0.15) is 18.5 Å². The van der Waals surface area contributed by atoms with Gasteiger partial charge in [-0.15, -0.1) is 0 Å². The maximum absolute atomic E-state index is 11.8. The van der Waals surface area contributed by atoms with Crippen molar-refractivity contribution in [1.82, 2.24) is 20.5 Å². The molecule has 0 bridgehead atoms. The van der Waals surface area contributed by atoms with E-state index in [0.29, 0.717) is 31.4 Å². The molecule has 77 heavy (non-hydrogen) atoms. The quantitative estimate of drug-likeness (QED) is 0.0330. The van der Waals surface area contributed by atoms with Gasteiger partial charge in [-0.3, -0.25) is 19.5 Å². The Bertz CT molecular complexity index is 2240. The van der Waals surface area contributed by atoms with Crippen LogP contribution < -0.4 is 20.9 Å². The Kier molecular flexibility index (Phi) is 36.2. The van der Waals surface area contributed by atoms with Gasteiger partial charge in [0, 0.05) is 62.4 Å². The molecule has 430 valence electrons. The lowest BCUT2D eigenvalue weighted by Gasteiger charge is -2.37. The van der Waals surface area contributed by atoms with E-state index in [1.165, 1.54) is 97.7 Å². The molecular weight excluding hydrogens is 953 g/mol. The number of aldehydes is 1. The molecule has 3 unspecified atom stereocenters. The van der Waals surface area contributed by atoms with Gasteiger partial charge in [0.2, 0.25) is 5.91 Å². The molecule has 0 saturated carbocycles. The number of hydrogen-bond acceptors (Lipinski definition) is 9. The molecule has 5 rings (SSSR count). The van der Waals surface area contributed by atoms with E-state index in [9.17, 15) is 14.4 Å². The predicted octanol–water partition coefficient (Wildman–Crippen LogP) is 16.5. The van der Waals surface area contributed by atoms with Crippen LogP contribution in [0.2, 0.25) is 0 Å². The molecule has 2 aliphatic rings. The first kappa shape index (κ1) is 69.7. The Hall–Kier alpha value is -5.32. The number of benzene rings is 2. The summed E-state index contributed by atoms with van der Waals surface area (Å²) in [7, 11) is 5.43. The lowest BCUT2D eigenvalue weighted by Crippen LogP contribution is -2.42. The zero-order valence-corrected chi connectivity index (χ0v) is 51.6. The SMILES string of the molecule is C=C(C)/C(=C\C=C(C)C)NC(CCC=O)C(=O)NC.CC.CCCC(CC)CCC.CCCCCCC.COCC1Nc2ccc(-c3ccnc(C)c3/C=C(\C)C(C)N3CCC(c4ccc(C(C)=O)cc4)CC3)cc2N1C. The monoisotopic (exact) mass is 1060 g/mol. The van der Waals surface area contributed by atoms with Crippen LogP contribution in [0.25, 0.3) is 17.2 Å². The number of pyridine rings is 1. The number of likely N-dealkylation sites (N-methyl/N-ethyl adjacent to an activating group) is 2. The number of nitrogens with zero attached hydrogens (tertiary/aromatic N) is 3. The number of rotatable bonds is 25. The zero-order valence-electron chi connectivity index (χ0n) is 51.6. The third-order valence-corrected chi connectivity index (χ3v) is 14.6. The molecule has 0 spiro atoms. The molecule has 3 atom stereocenters. The molecule has 10 nitrogen and oxygen atoms in total. The molecule has 1 fully saturated rings. The van der Waals surface area contributed by atoms with Gasteiger partial charge in [0.15, 0.2) is 5.78 Å². The van der Waals surface area contributed by atoms with Gasteiger partial charge in [-0.25, -0.2) is 0 Å². The molecule has 1 aromatic heterocycles. The number of allylic oxidation sites excluding steroid dienone is 4. The number of fused-ring (bicyclic) bond motifs is 1. The van der Waals surface area contributed by atoms with Crippen molar-refractivity contribution < 1.29 is 19.1 Å². The number of hydrogen-bond donors (Lipinski definition) is 3. The van der Waals surface area contributed by atoms with Crippen molar-refractivity contribution in [1.29, 1.82) is 0 Å². The van der Waals surface area contributed by atoms with E-state index in [0.717, 1.165) is 71.9 Å². The van der Waals surface area contributed by atoms with Crippen molar-refractivity contribution in [3.05, 3.63) is 118 Å². The number of Topliss-reactive ketones (excluding diaryl/α,β-unsaturated/α-hetero) is 1. The van der Waals surface area contributed by atoms with Gasteiger partial charge in [0.05, 0.1) is 18.0 Å². The maximum Gasteiger partial charge on any atom is 0.242 e. The number of anilines is 2. The highest BCUT2D eigenvalue weighted by atomic mass is 16.5. The number of nitrogens with one attached hydrogen (secondary N) is 3. The van der Waals surface area contributed by atoms with Crippen LogP contribution in [0.15, 0.2) is 95.9 Å². The highest BCUT2D eigenvalue weighted by Crippen LogP contribution is 2.39. The molecule has 3 heterocycles. The van der Waals surface area contributed by atoms with E-state index in [1.807, 2.05) is 65.1 Å². The summed E-state index contributed by atoms with van der Waals surface area (Å²) < 4.78 is 5.40. The minimum absolute atomic E-state index is 0.126. The maximum atomic E-state index is 11.8. The van der Waals surface area contributed by atoms with E-state index >= 15 is 0 Å². The summed E-state index contributed by atoms with van der Waals surface area (Å²) >= 11 is 0. The number of likely N-dealkylation sites (tertiary alicyclic amines) is 1. The standard InChI is InChI=1S/C34H42N4O2.C15H24N2O2.C9H20.C7H16.C2H6/c1-22(24(3)38-17-14-28(15-18-38)27-9-7-26(8-10-27)25(4)39)19-31-23(2)35-16-13-30(31)29-11-12-32-33(20-29)37(5)34(36-32)21-40-6;1-11(2)8-9-13(12(3)4)17-14(7-6-10-18)15(19)16-5;1-4-7-9(6-3)8-5-2;1-3-5-7-6-4-2;1-2/h7-13,16,19-20,24,28,34,36H,14-15,17-18,21H2,1-6H3;8-10,14,17H,3,6-7H2,1-2,4-5H3,(H,16,19);9H,4-8H2,1-3H3;3-7H2,1-2H3;1-2H3/b22-19+;13-9+;;;. The van der Waals surface area contributed by atoms with E-state index in [2.05, 4.69) is 142 Å². The van der Waals surface area contributed by atoms with Crippen LogP contribution in [0, 0.1) is 12.8 Å². The van der Waals surface area contributed by atoms with Gasteiger partial charge in [-0.1, -0.05) is 173 Å². The Balaban J connectivity index is 0.000000661. The highest BCUT2D eigenvalue weighted by Gasteiger charge is 2.27. The van der Waals surface area contributed by atoms with Crippen molar-refractivity contribution in [3.63, 3.8) is 0 Å². The van der Waals surface area contributed by atoms with Crippen LogP contribution in [-0.2, 0) is 14.3 Å². The summed E-state index contributed by atoms with van der Waals surface area (Å²) in [5.74, 6) is 1.56. The van der Waals surface area contributed by atoms with E-state index in [1.54, 1.807) is 21.1 Å². The number of unbranched alkanes of at least 4 members (excludes halogenated alkanes) is 4. The Morgan fingerprint density at radius 2 is 1.49 bits per heavy atom. The molecule has 3 N–H and O–H groups in total. The third kappa shape index (κ3) is 24.9. The van der Waals surface area contributed by atoms with Crippen LogP contribution in [0.4, 0.5) is 11.4 Å². The summed E-state index contributed by atoms with van der Waals surface area (Å²) in [6.45, 7) is 36.2. The number of ketones is 1. The van der Waals surface area contributed by atoms with Crippen LogP contribution >= 0.6 is 0 Å². The molecule has 10 heteroatoms. The average Bonchev–Trinajstić information content (AvgIpc) is 3.75. The van der Waals surface area contributed by atoms with E-state index < -0.39 is 6.04 Å².